The van der Waals surface area contributed by atoms with Crippen LogP contribution in [0.3, 0.4) is 0 Å². The third-order valence-electron chi connectivity index (χ3n) is 5.22. The number of carbonyl (C=O) groups is 1. The highest BCUT2D eigenvalue weighted by Gasteiger charge is 2.31. The molecule has 0 radical (unpaired) electrons. The van der Waals surface area contributed by atoms with Gasteiger partial charge in [0.05, 0.1) is 29.0 Å². The summed E-state index contributed by atoms with van der Waals surface area (Å²) in [6.45, 7) is 0.440. The third kappa shape index (κ3) is 4.87. The number of nitrogens with zero attached hydrogens (tertiary/aromatic N) is 5. The van der Waals surface area contributed by atoms with Crippen molar-refractivity contribution >= 4 is 22.6 Å². The minimum absolute atomic E-state index is 0.309. The second-order valence-electron chi connectivity index (χ2n) is 7.68. The van der Waals surface area contributed by atoms with Gasteiger partial charge in [0.15, 0.2) is 0 Å². The smallest absolute Gasteiger partial charge is 0.416 e. The molecule has 0 aliphatic heterocycles. The summed E-state index contributed by atoms with van der Waals surface area (Å²) in [5.41, 5.74) is -0.522. The number of anilines is 1. The fourth-order valence-corrected chi connectivity index (χ4v) is 3.53. The Kier molecular flexibility index (Phi) is 5.84. The Balaban J connectivity index is 1.34. The molecule has 1 amide bonds. The van der Waals surface area contributed by atoms with Gasteiger partial charge in [0, 0.05) is 30.0 Å². The Morgan fingerprint density at radius 1 is 1.03 bits per heavy atom. The van der Waals surface area contributed by atoms with E-state index in [1.54, 1.807) is 53.5 Å². The maximum atomic E-state index is 14.0. The zero-order valence-electron chi connectivity index (χ0n) is 18.3. The first-order chi connectivity index (χ1) is 17.3. The molecule has 0 unspecified atom stereocenters. The first-order valence-electron chi connectivity index (χ1n) is 10.5. The lowest BCUT2D eigenvalue weighted by atomic mass is 10.2. The lowest BCUT2D eigenvalue weighted by Crippen LogP contribution is -2.19. The van der Waals surface area contributed by atoms with Gasteiger partial charge in [-0.2, -0.15) is 18.3 Å². The average Bonchev–Trinajstić information content (AvgIpc) is 3.49. The molecule has 0 saturated carbocycles. The van der Waals surface area contributed by atoms with Crippen molar-refractivity contribution in [3.8, 4) is 11.6 Å². The molecule has 0 aliphatic carbocycles. The van der Waals surface area contributed by atoms with E-state index >= 15 is 0 Å². The number of alkyl halides is 3. The molecule has 182 valence electrons. The molecule has 0 spiro atoms. The predicted octanol–water partition coefficient (Wildman–Crippen LogP) is 5.71. The van der Waals surface area contributed by atoms with Crippen molar-refractivity contribution in [2.45, 2.75) is 12.7 Å². The zero-order valence-corrected chi connectivity index (χ0v) is 18.3. The molecule has 0 atom stereocenters. The van der Waals surface area contributed by atoms with Crippen LogP contribution in [0.15, 0.2) is 79.5 Å². The van der Waals surface area contributed by atoms with E-state index in [-0.39, 0.29) is 0 Å². The van der Waals surface area contributed by atoms with E-state index in [1.165, 1.54) is 12.5 Å². The summed E-state index contributed by atoms with van der Waals surface area (Å²) in [4.78, 5) is 21.0. The minimum Gasteiger partial charge on any atom is -0.439 e. The molecule has 5 rings (SSSR count). The number of fused-ring (bicyclic) bond motifs is 1. The van der Waals surface area contributed by atoms with E-state index in [2.05, 4.69) is 20.4 Å². The number of hydrogen-bond donors (Lipinski definition) is 1. The van der Waals surface area contributed by atoms with Crippen LogP contribution < -0.4 is 10.1 Å². The van der Waals surface area contributed by atoms with Crippen LogP contribution in [-0.4, -0.2) is 30.3 Å². The van der Waals surface area contributed by atoms with Crippen LogP contribution in [0.25, 0.3) is 10.9 Å². The van der Waals surface area contributed by atoms with Gasteiger partial charge in [-0.15, -0.1) is 0 Å². The molecule has 8 nitrogen and oxygen atoms in total. The Morgan fingerprint density at radius 3 is 2.67 bits per heavy atom. The van der Waals surface area contributed by atoms with Crippen molar-refractivity contribution in [1.29, 1.82) is 0 Å². The molecule has 36 heavy (non-hydrogen) atoms. The SMILES string of the molecule is O=C(Nc1cc(C(F)(F)F)ccc1F)n1ccc2cc(Oc3cc(Cn4cccn4)ncn3)ccc21. The number of hydrogen-bond acceptors (Lipinski definition) is 5. The number of rotatable bonds is 5. The maximum Gasteiger partial charge on any atom is 0.416 e. The summed E-state index contributed by atoms with van der Waals surface area (Å²) in [6, 6.07) is 10.9. The molecule has 12 heteroatoms. The Labute approximate surface area is 200 Å². The Bertz CT molecular complexity index is 1550. The standard InChI is InChI=1S/C24H16F4N6O2/c25-19-4-2-16(24(26,27)28)11-20(19)32-23(35)34-9-6-15-10-18(3-5-21(15)34)36-22-12-17(29-14-30-22)13-33-8-1-7-31-33/h1-12,14H,13H2,(H,32,35). The van der Waals surface area contributed by atoms with E-state index in [9.17, 15) is 22.4 Å². The van der Waals surface area contributed by atoms with Gasteiger partial charge in [0.2, 0.25) is 5.88 Å². The normalized spacial score (nSPS) is 11.6. The summed E-state index contributed by atoms with van der Waals surface area (Å²) in [7, 11) is 0. The third-order valence-corrected chi connectivity index (χ3v) is 5.22. The molecule has 3 heterocycles. The summed E-state index contributed by atoms with van der Waals surface area (Å²) in [5, 5.41) is 6.93. The Morgan fingerprint density at radius 2 is 1.89 bits per heavy atom. The van der Waals surface area contributed by atoms with Gasteiger partial charge in [-0.05, 0) is 48.5 Å². The van der Waals surface area contributed by atoms with E-state index in [4.69, 9.17) is 4.74 Å². The van der Waals surface area contributed by atoms with Gasteiger partial charge >= 0.3 is 12.2 Å². The lowest BCUT2D eigenvalue weighted by Gasteiger charge is -2.12. The van der Waals surface area contributed by atoms with Crippen molar-refractivity contribution in [1.82, 2.24) is 24.3 Å². The molecular formula is C24H16F4N6O2. The van der Waals surface area contributed by atoms with Gasteiger partial charge in [-0.3, -0.25) is 9.25 Å². The van der Waals surface area contributed by atoms with E-state index < -0.39 is 29.3 Å². The number of ether oxygens (including phenoxy) is 1. The molecule has 0 fully saturated rings. The fourth-order valence-electron chi connectivity index (χ4n) is 3.53. The number of carbonyl (C=O) groups excluding carboxylic acids is 1. The molecule has 0 saturated heterocycles. The van der Waals surface area contributed by atoms with Crippen molar-refractivity contribution < 1.29 is 27.1 Å². The minimum atomic E-state index is -4.67. The van der Waals surface area contributed by atoms with Crippen LogP contribution in [0.5, 0.6) is 11.6 Å². The Hall–Kier alpha value is -4.74. The topological polar surface area (TPSA) is 86.9 Å². The fraction of sp³-hybridized carbons (Fsp3) is 0.0833. The van der Waals surface area contributed by atoms with Crippen molar-refractivity contribution in [3.63, 3.8) is 0 Å². The first-order valence-corrected chi connectivity index (χ1v) is 10.5. The number of aromatic nitrogens is 5. The van der Waals surface area contributed by atoms with Crippen LogP contribution in [0.4, 0.5) is 28.0 Å². The summed E-state index contributed by atoms with van der Waals surface area (Å²) in [6.07, 6.45) is 1.59. The molecule has 1 N–H and O–H groups in total. The number of benzene rings is 2. The van der Waals surface area contributed by atoms with Gasteiger partial charge in [0.25, 0.3) is 0 Å². The predicted molar refractivity (Wildman–Crippen MR) is 121 cm³/mol. The van der Waals surface area contributed by atoms with Crippen molar-refractivity contribution in [2.75, 3.05) is 5.32 Å². The number of amides is 1. The van der Waals surface area contributed by atoms with Crippen molar-refractivity contribution in [3.05, 3.63) is 96.6 Å². The van der Waals surface area contributed by atoms with Gasteiger partial charge in [-0.1, -0.05) is 0 Å². The van der Waals surface area contributed by atoms with Crippen molar-refractivity contribution in [2.24, 2.45) is 0 Å². The van der Waals surface area contributed by atoms with E-state index in [0.29, 0.717) is 53.0 Å². The number of halogens is 4. The van der Waals surface area contributed by atoms with Crippen LogP contribution in [0.1, 0.15) is 11.3 Å². The monoisotopic (exact) mass is 496 g/mol. The molecule has 5 aromatic rings. The molecule has 3 aromatic heterocycles. The van der Waals surface area contributed by atoms with Gasteiger partial charge in [-0.25, -0.2) is 19.2 Å². The van der Waals surface area contributed by atoms with Crippen LogP contribution >= 0.6 is 0 Å². The van der Waals surface area contributed by atoms with Crippen LogP contribution in [0, 0.1) is 5.82 Å². The van der Waals surface area contributed by atoms with E-state index in [1.807, 2.05) is 0 Å². The summed E-state index contributed by atoms with van der Waals surface area (Å²) >= 11 is 0. The second-order valence-corrected chi connectivity index (χ2v) is 7.68. The first kappa shape index (κ1) is 23.0. The lowest BCUT2D eigenvalue weighted by molar-refractivity contribution is -0.137. The molecular weight excluding hydrogens is 480 g/mol. The highest BCUT2D eigenvalue weighted by molar-refractivity contribution is 5.98. The van der Waals surface area contributed by atoms with Crippen LogP contribution in [-0.2, 0) is 12.7 Å². The molecule has 0 aliphatic rings. The quantitative estimate of drug-likeness (QED) is 0.315. The van der Waals surface area contributed by atoms with Gasteiger partial charge in [0.1, 0.15) is 17.9 Å². The van der Waals surface area contributed by atoms with Gasteiger partial charge < -0.3 is 10.1 Å². The van der Waals surface area contributed by atoms with E-state index in [0.717, 1.165) is 4.57 Å². The second kappa shape index (κ2) is 9.13. The maximum absolute atomic E-state index is 14.0. The number of nitrogens with one attached hydrogen (secondary N) is 1. The average molecular weight is 496 g/mol. The molecule has 0 bridgehead atoms. The molecule has 2 aromatic carbocycles. The van der Waals surface area contributed by atoms with Crippen LogP contribution in [0.2, 0.25) is 0 Å². The highest BCUT2D eigenvalue weighted by Crippen LogP contribution is 2.32. The largest absolute Gasteiger partial charge is 0.439 e. The summed E-state index contributed by atoms with van der Waals surface area (Å²) in [5.74, 6) is -0.239. The highest BCUT2D eigenvalue weighted by atomic mass is 19.4. The summed E-state index contributed by atoms with van der Waals surface area (Å²) < 4.78 is 61.6. The zero-order chi connectivity index (χ0) is 25.3.